The normalized spacial score (nSPS) is 10.8. The van der Waals surface area contributed by atoms with Crippen LogP contribution in [0.5, 0.6) is 0 Å². The molecule has 0 aliphatic rings. The Morgan fingerprint density at radius 1 is 1.11 bits per heavy atom. The molecule has 0 atom stereocenters. The van der Waals surface area contributed by atoms with Gasteiger partial charge in [-0.05, 0) is 25.5 Å². The molecule has 1 N–H and O–H groups in total. The molecule has 0 amide bonds. The summed E-state index contributed by atoms with van der Waals surface area (Å²) in [4.78, 5) is 0. The molecule has 0 spiro atoms. The zero-order chi connectivity index (χ0) is 12.8. The first kappa shape index (κ1) is 13.2. The van der Waals surface area contributed by atoms with E-state index in [1.807, 2.05) is 0 Å². The third-order valence-corrected chi connectivity index (χ3v) is 3.61. The Kier molecular flexibility index (Phi) is 4.84. The molecule has 0 fully saturated rings. The Balaban J connectivity index is 1.91. The number of hydrogen-bond acceptors (Lipinski definition) is 4. The van der Waals surface area contributed by atoms with E-state index in [0.29, 0.717) is 0 Å². The molecule has 1 heterocycles. The van der Waals surface area contributed by atoms with Crippen LogP contribution in [0.1, 0.15) is 34.5 Å². The van der Waals surface area contributed by atoms with E-state index in [2.05, 4.69) is 53.6 Å². The van der Waals surface area contributed by atoms with Crippen molar-refractivity contribution in [2.75, 3.05) is 6.54 Å². The van der Waals surface area contributed by atoms with Crippen molar-refractivity contribution < 1.29 is 0 Å². The fourth-order valence-corrected chi connectivity index (χ4v) is 2.53. The molecule has 0 bridgehead atoms. The van der Waals surface area contributed by atoms with Crippen LogP contribution in [0.15, 0.2) is 24.3 Å². The Hall–Kier alpha value is -1.26. The lowest BCUT2D eigenvalue weighted by Gasteiger charge is -1.98. The Labute approximate surface area is 112 Å². The highest BCUT2D eigenvalue weighted by atomic mass is 32.1. The monoisotopic (exact) mass is 261 g/mol. The molecule has 0 aliphatic carbocycles. The summed E-state index contributed by atoms with van der Waals surface area (Å²) in [5.74, 6) is 0. The van der Waals surface area contributed by atoms with E-state index in [9.17, 15) is 0 Å². The average molecular weight is 261 g/mol. The molecule has 4 heteroatoms. The number of nitrogens with zero attached hydrogens (tertiary/aromatic N) is 2. The van der Waals surface area contributed by atoms with Crippen molar-refractivity contribution in [1.82, 2.24) is 15.5 Å². The number of aryl methyl sites for hydroxylation is 1. The Bertz CT molecular complexity index is 476. The molecular formula is C14H19N3S. The van der Waals surface area contributed by atoms with Gasteiger partial charge < -0.3 is 5.32 Å². The summed E-state index contributed by atoms with van der Waals surface area (Å²) in [6.07, 6.45) is 2.03. The summed E-state index contributed by atoms with van der Waals surface area (Å²) in [6, 6.07) is 8.59. The number of hydrogen-bond donors (Lipinski definition) is 1. The zero-order valence-corrected chi connectivity index (χ0v) is 11.8. The van der Waals surface area contributed by atoms with Crippen LogP contribution in [-0.4, -0.2) is 16.7 Å². The molecule has 96 valence electrons. The van der Waals surface area contributed by atoms with E-state index >= 15 is 0 Å². The number of nitrogens with one attached hydrogen (secondary N) is 1. The Morgan fingerprint density at radius 3 is 2.56 bits per heavy atom. The molecule has 1 aromatic carbocycles. The van der Waals surface area contributed by atoms with Crippen LogP contribution in [0.2, 0.25) is 0 Å². The predicted octanol–water partition coefficient (Wildman–Crippen LogP) is 2.94. The molecule has 18 heavy (non-hydrogen) atoms. The largest absolute Gasteiger partial charge is 0.310 e. The topological polar surface area (TPSA) is 37.8 Å². The van der Waals surface area contributed by atoms with Crippen molar-refractivity contribution in [3.8, 4) is 0 Å². The van der Waals surface area contributed by atoms with Gasteiger partial charge in [-0.2, -0.15) is 0 Å². The molecule has 2 aromatic rings. The molecule has 0 unspecified atom stereocenters. The maximum atomic E-state index is 4.24. The minimum Gasteiger partial charge on any atom is -0.310 e. The van der Waals surface area contributed by atoms with E-state index in [-0.39, 0.29) is 0 Å². The van der Waals surface area contributed by atoms with Gasteiger partial charge in [-0.1, -0.05) is 48.1 Å². The molecular weight excluding hydrogens is 242 g/mol. The van der Waals surface area contributed by atoms with Gasteiger partial charge in [-0.3, -0.25) is 0 Å². The lowest BCUT2D eigenvalue weighted by molar-refractivity contribution is 0.668. The summed E-state index contributed by atoms with van der Waals surface area (Å²) in [7, 11) is 0. The molecule has 2 rings (SSSR count). The third kappa shape index (κ3) is 3.89. The molecule has 0 saturated heterocycles. The number of aromatic nitrogens is 2. The number of benzene rings is 1. The summed E-state index contributed by atoms with van der Waals surface area (Å²) >= 11 is 1.70. The van der Waals surface area contributed by atoms with Crippen LogP contribution in [-0.2, 0) is 13.0 Å². The van der Waals surface area contributed by atoms with E-state index in [1.54, 1.807) is 11.3 Å². The first-order valence-corrected chi connectivity index (χ1v) is 7.17. The third-order valence-electron chi connectivity index (χ3n) is 2.69. The SMILES string of the molecule is CCCNCc1nnc(Cc2ccc(C)cc2)s1. The highest BCUT2D eigenvalue weighted by Crippen LogP contribution is 2.15. The molecule has 0 aliphatic heterocycles. The smallest absolute Gasteiger partial charge is 0.131 e. The summed E-state index contributed by atoms with van der Waals surface area (Å²) in [5.41, 5.74) is 2.59. The van der Waals surface area contributed by atoms with Crippen LogP contribution in [0.25, 0.3) is 0 Å². The first-order chi connectivity index (χ1) is 8.78. The van der Waals surface area contributed by atoms with Crippen molar-refractivity contribution in [2.24, 2.45) is 0 Å². The van der Waals surface area contributed by atoms with E-state index < -0.39 is 0 Å². The fraction of sp³-hybridized carbons (Fsp3) is 0.429. The van der Waals surface area contributed by atoms with Gasteiger partial charge in [-0.25, -0.2) is 0 Å². The maximum Gasteiger partial charge on any atom is 0.131 e. The lowest BCUT2D eigenvalue weighted by Crippen LogP contribution is -2.13. The lowest BCUT2D eigenvalue weighted by atomic mass is 10.1. The zero-order valence-electron chi connectivity index (χ0n) is 10.9. The quantitative estimate of drug-likeness (QED) is 0.812. The van der Waals surface area contributed by atoms with Gasteiger partial charge in [-0.15, -0.1) is 10.2 Å². The van der Waals surface area contributed by atoms with Gasteiger partial charge in [0.25, 0.3) is 0 Å². The molecule has 1 aromatic heterocycles. The van der Waals surface area contributed by atoms with Crippen molar-refractivity contribution in [1.29, 1.82) is 0 Å². The van der Waals surface area contributed by atoms with Gasteiger partial charge in [0.15, 0.2) is 0 Å². The fourth-order valence-electron chi connectivity index (χ4n) is 1.68. The van der Waals surface area contributed by atoms with Gasteiger partial charge in [0, 0.05) is 13.0 Å². The van der Waals surface area contributed by atoms with E-state index in [1.165, 1.54) is 11.1 Å². The second kappa shape index (κ2) is 6.61. The van der Waals surface area contributed by atoms with Crippen LogP contribution < -0.4 is 5.32 Å². The van der Waals surface area contributed by atoms with Crippen LogP contribution in [0.3, 0.4) is 0 Å². The van der Waals surface area contributed by atoms with Gasteiger partial charge in [0.05, 0.1) is 0 Å². The van der Waals surface area contributed by atoms with Crippen molar-refractivity contribution in [3.63, 3.8) is 0 Å². The van der Waals surface area contributed by atoms with Crippen molar-refractivity contribution in [3.05, 3.63) is 45.4 Å². The van der Waals surface area contributed by atoms with E-state index in [0.717, 1.165) is 35.9 Å². The number of rotatable bonds is 6. The minimum absolute atomic E-state index is 0.833. The summed E-state index contributed by atoms with van der Waals surface area (Å²) in [5, 5.41) is 14.0. The van der Waals surface area contributed by atoms with Crippen LogP contribution in [0, 0.1) is 6.92 Å². The molecule has 0 radical (unpaired) electrons. The van der Waals surface area contributed by atoms with Gasteiger partial charge >= 0.3 is 0 Å². The predicted molar refractivity (Wildman–Crippen MR) is 75.9 cm³/mol. The van der Waals surface area contributed by atoms with Crippen LogP contribution in [0.4, 0.5) is 0 Å². The molecule has 3 nitrogen and oxygen atoms in total. The van der Waals surface area contributed by atoms with Gasteiger partial charge in [0.2, 0.25) is 0 Å². The minimum atomic E-state index is 0.833. The standard InChI is InChI=1S/C14H19N3S/c1-3-8-15-10-14-17-16-13(18-14)9-12-6-4-11(2)5-7-12/h4-7,15H,3,8-10H2,1-2H3. The second-order valence-corrected chi connectivity index (χ2v) is 5.58. The highest BCUT2D eigenvalue weighted by Gasteiger charge is 2.04. The second-order valence-electron chi connectivity index (χ2n) is 4.43. The highest BCUT2D eigenvalue weighted by molar-refractivity contribution is 7.11. The van der Waals surface area contributed by atoms with Crippen molar-refractivity contribution in [2.45, 2.75) is 33.2 Å². The maximum absolute atomic E-state index is 4.24. The van der Waals surface area contributed by atoms with Crippen molar-refractivity contribution >= 4 is 11.3 Å². The molecule has 0 saturated carbocycles. The Morgan fingerprint density at radius 2 is 1.83 bits per heavy atom. The van der Waals surface area contributed by atoms with Crippen LogP contribution >= 0.6 is 11.3 Å². The van der Waals surface area contributed by atoms with Gasteiger partial charge in [0.1, 0.15) is 10.0 Å². The summed E-state index contributed by atoms with van der Waals surface area (Å²) in [6.45, 7) is 6.13. The first-order valence-electron chi connectivity index (χ1n) is 6.35. The van der Waals surface area contributed by atoms with E-state index in [4.69, 9.17) is 0 Å². The summed E-state index contributed by atoms with van der Waals surface area (Å²) < 4.78 is 0. The average Bonchev–Trinajstić information content (AvgIpc) is 2.80.